The van der Waals surface area contributed by atoms with Crippen molar-refractivity contribution >= 4 is 26.3 Å². The van der Waals surface area contributed by atoms with Gasteiger partial charge in [0.15, 0.2) is 0 Å². The second kappa shape index (κ2) is 3.90. The Morgan fingerprint density at radius 2 is 1.90 bits per heavy atom. The molecule has 3 heteroatoms. The Morgan fingerprint density at radius 1 is 1.30 bits per heavy atom. The molecule has 0 aliphatic heterocycles. The van der Waals surface area contributed by atoms with Crippen LogP contribution in [-0.2, 0) is 6.54 Å². The van der Waals surface area contributed by atoms with Crippen LogP contribution in [0.5, 0.6) is 0 Å². The van der Waals surface area contributed by atoms with Crippen LogP contribution in [0, 0.1) is 0 Å². The molecule has 1 aromatic carbocycles. The van der Waals surface area contributed by atoms with Crippen LogP contribution in [0.15, 0.2) is 28.7 Å². The molecule has 0 amide bonds. The molecule has 1 N–H and O–H groups in total. The first kappa shape index (κ1) is 7.98. The maximum atomic E-state index is 3.38. The van der Waals surface area contributed by atoms with Crippen molar-refractivity contribution in [2.75, 3.05) is 0 Å². The van der Waals surface area contributed by atoms with Crippen molar-refractivity contribution in [3.8, 4) is 0 Å². The lowest BCUT2D eigenvalue weighted by Crippen LogP contribution is -2.06. The maximum absolute atomic E-state index is 3.38. The number of hydrogen-bond donors (Lipinski definition) is 1. The zero-order valence-corrected chi connectivity index (χ0v) is 9.48. The van der Waals surface area contributed by atoms with Crippen molar-refractivity contribution in [1.82, 2.24) is 4.98 Å². The van der Waals surface area contributed by atoms with Crippen LogP contribution in [-0.4, -0.2) is 10.4 Å². The summed E-state index contributed by atoms with van der Waals surface area (Å²) in [5.41, 5.74) is 1.35. The molecule has 0 spiro atoms. The molecule has 10 heavy (non-hydrogen) atoms. The summed E-state index contributed by atoms with van der Waals surface area (Å²) in [5, 5.41) is 0. The van der Waals surface area contributed by atoms with Crippen molar-refractivity contribution in [2.45, 2.75) is 6.54 Å². The van der Waals surface area contributed by atoms with Gasteiger partial charge < -0.3 is 4.98 Å². The van der Waals surface area contributed by atoms with Gasteiger partial charge in [-0.05, 0) is 17.7 Å². The van der Waals surface area contributed by atoms with E-state index >= 15 is 0 Å². The van der Waals surface area contributed by atoms with Gasteiger partial charge in [-0.15, -0.1) is 0 Å². The van der Waals surface area contributed by atoms with Gasteiger partial charge in [-0.3, -0.25) is 0 Å². The Labute approximate surface area is 72.5 Å². The highest BCUT2D eigenvalue weighted by molar-refractivity contribution is 9.10. The van der Waals surface area contributed by atoms with E-state index in [4.69, 9.17) is 0 Å². The van der Waals surface area contributed by atoms with Gasteiger partial charge in [-0.25, -0.2) is 0 Å². The fraction of sp³-hybridized carbons (Fsp3) is 0.143. The van der Waals surface area contributed by atoms with Crippen LogP contribution in [0.2, 0.25) is 0 Å². The molecule has 0 heterocycles. The largest absolute Gasteiger partial charge is 0.342 e. The summed E-state index contributed by atoms with van der Waals surface area (Å²) >= 11 is 3.38. The van der Waals surface area contributed by atoms with Crippen LogP contribution in [0.4, 0.5) is 0 Å². The molecule has 0 bridgehead atoms. The summed E-state index contributed by atoms with van der Waals surface area (Å²) in [6, 6.07) is 8.37. The standard InChI is InChI=1S/C7H10BrNSi/c8-7-3-1-6(2-4-7)5-9-10/h1-4,9H,5H2,10H3. The molecule has 0 aliphatic rings. The van der Waals surface area contributed by atoms with Crippen LogP contribution in [0.25, 0.3) is 0 Å². The summed E-state index contributed by atoms with van der Waals surface area (Å²) in [4.78, 5) is 3.23. The van der Waals surface area contributed by atoms with E-state index < -0.39 is 0 Å². The molecular weight excluding hydrogens is 206 g/mol. The van der Waals surface area contributed by atoms with E-state index in [-0.39, 0.29) is 0 Å². The monoisotopic (exact) mass is 215 g/mol. The van der Waals surface area contributed by atoms with Crippen LogP contribution < -0.4 is 4.98 Å². The Kier molecular flexibility index (Phi) is 3.12. The highest BCUT2D eigenvalue weighted by Gasteiger charge is 1.88. The van der Waals surface area contributed by atoms with Gasteiger partial charge in [0.25, 0.3) is 0 Å². The summed E-state index contributed by atoms with van der Waals surface area (Å²) in [6.07, 6.45) is 0. The number of halogens is 1. The van der Waals surface area contributed by atoms with E-state index in [9.17, 15) is 0 Å². The molecule has 0 saturated carbocycles. The summed E-state index contributed by atoms with van der Waals surface area (Å²) in [7, 11) is 1.06. The smallest absolute Gasteiger partial charge is 0.0753 e. The fourth-order valence-corrected chi connectivity index (χ4v) is 1.48. The molecule has 0 radical (unpaired) electrons. The first-order chi connectivity index (χ1) is 4.83. The average molecular weight is 216 g/mol. The SMILES string of the molecule is [SiH3]NCc1ccc(Br)cc1. The van der Waals surface area contributed by atoms with Crippen molar-refractivity contribution in [2.24, 2.45) is 0 Å². The van der Waals surface area contributed by atoms with Crippen molar-refractivity contribution < 1.29 is 0 Å². The predicted octanol–water partition coefficient (Wildman–Crippen LogP) is 0.819. The highest BCUT2D eigenvalue weighted by Crippen LogP contribution is 2.09. The van der Waals surface area contributed by atoms with E-state index in [1.54, 1.807) is 0 Å². The minimum Gasteiger partial charge on any atom is -0.342 e. The van der Waals surface area contributed by atoms with Gasteiger partial charge in [-0.1, -0.05) is 28.1 Å². The lowest BCUT2D eigenvalue weighted by atomic mass is 10.2. The van der Waals surface area contributed by atoms with Gasteiger partial charge >= 0.3 is 0 Å². The summed E-state index contributed by atoms with van der Waals surface area (Å²) in [5.74, 6) is 0. The molecule has 1 nitrogen and oxygen atoms in total. The lowest BCUT2D eigenvalue weighted by molar-refractivity contribution is 0.961. The van der Waals surface area contributed by atoms with E-state index in [1.807, 2.05) is 0 Å². The topological polar surface area (TPSA) is 12.0 Å². The van der Waals surface area contributed by atoms with Gasteiger partial charge in [0.05, 0.1) is 10.4 Å². The Balaban J connectivity index is 2.69. The summed E-state index contributed by atoms with van der Waals surface area (Å²) < 4.78 is 1.14. The minimum atomic E-state index is 1.000. The fourth-order valence-electron chi connectivity index (χ4n) is 0.806. The van der Waals surface area contributed by atoms with Crippen molar-refractivity contribution in [3.63, 3.8) is 0 Å². The molecular formula is C7H10BrNSi. The zero-order chi connectivity index (χ0) is 7.40. The number of rotatable bonds is 2. The van der Waals surface area contributed by atoms with Gasteiger partial charge in [0.2, 0.25) is 0 Å². The van der Waals surface area contributed by atoms with E-state index in [1.165, 1.54) is 5.56 Å². The van der Waals surface area contributed by atoms with E-state index in [0.29, 0.717) is 0 Å². The third kappa shape index (κ3) is 2.25. The molecule has 1 aromatic rings. The third-order valence-corrected chi connectivity index (χ3v) is 2.18. The second-order valence-electron chi connectivity index (χ2n) is 2.16. The van der Waals surface area contributed by atoms with Gasteiger partial charge in [0, 0.05) is 11.0 Å². The predicted molar refractivity (Wildman–Crippen MR) is 50.9 cm³/mol. The van der Waals surface area contributed by atoms with E-state index in [2.05, 4.69) is 45.2 Å². The number of hydrogen-bond acceptors (Lipinski definition) is 1. The highest BCUT2D eigenvalue weighted by atomic mass is 79.9. The Hall–Kier alpha value is -0.123. The quantitative estimate of drug-likeness (QED) is 0.722. The molecule has 0 unspecified atom stereocenters. The molecule has 0 atom stereocenters. The lowest BCUT2D eigenvalue weighted by Gasteiger charge is -1.98. The Morgan fingerprint density at radius 3 is 2.40 bits per heavy atom. The third-order valence-electron chi connectivity index (χ3n) is 1.29. The minimum absolute atomic E-state index is 1.000. The maximum Gasteiger partial charge on any atom is 0.0753 e. The molecule has 1 rings (SSSR count). The van der Waals surface area contributed by atoms with Gasteiger partial charge in [0.1, 0.15) is 0 Å². The molecule has 54 valence electrons. The van der Waals surface area contributed by atoms with Crippen LogP contribution in [0.1, 0.15) is 5.56 Å². The first-order valence-corrected chi connectivity index (χ1v) is 5.01. The normalized spacial score (nSPS) is 10.1. The van der Waals surface area contributed by atoms with E-state index in [0.717, 1.165) is 21.4 Å². The first-order valence-electron chi connectivity index (χ1n) is 3.22. The van der Waals surface area contributed by atoms with Gasteiger partial charge in [-0.2, -0.15) is 0 Å². The number of benzene rings is 1. The van der Waals surface area contributed by atoms with Crippen molar-refractivity contribution in [1.29, 1.82) is 0 Å². The van der Waals surface area contributed by atoms with Crippen LogP contribution >= 0.6 is 15.9 Å². The molecule has 0 aromatic heterocycles. The summed E-state index contributed by atoms with van der Waals surface area (Å²) in [6.45, 7) is 1.000. The second-order valence-corrected chi connectivity index (χ2v) is 3.78. The van der Waals surface area contributed by atoms with Crippen LogP contribution in [0.3, 0.4) is 0 Å². The molecule has 0 saturated heterocycles. The molecule has 0 fully saturated rings. The molecule has 0 aliphatic carbocycles. The number of nitrogens with one attached hydrogen (secondary N) is 1. The zero-order valence-electron chi connectivity index (χ0n) is 5.89. The van der Waals surface area contributed by atoms with Crippen molar-refractivity contribution in [3.05, 3.63) is 34.3 Å². The Bertz CT molecular complexity index is 197. The average Bonchev–Trinajstić information content (AvgIpc) is 1.95.